The van der Waals surface area contributed by atoms with Crippen LogP contribution in [0.5, 0.6) is 0 Å². The number of carbonyl (C=O) groups is 2. The molecular weight excluding hydrogens is 386 g/mol. The minimum Gasteiger partial charge on any atom is -0.362 e. The average Bonchev–Trinajstić information content (AvgIpc) is 2.76. The van der Waals surface area contributed by atoms with E-state index in [4.69, 9.17) is 5.41 Å². The maximum absolute atomic E-state index is 13.2. The Morgan fingerprint density at radius 3 is 2.77 bits per heavy atom. The Morgan fingerprint density at radius 1 is 1.29 bits per heavy atom. The molecule has 1 aliphatic heterocycles. The van der Waals surface area contributed by atoms with Crippen LogP contribution in [0.25, 0.3) is 0 Å². The smallest absolute Gasteiger partial charge is 0.254 e. The number of amides is 1. The lowest BCUT2D eigenvalue weighted by Gasteiger charge is -2.35. The minimum absolute atomic E-state index is 0.152. The van der Waals surface area contributed by atoms with Crippen LogP contribution >= 0.6 is 0 Å². The van der Waals surface area contributed by atoms with Crippen molar-refractivity contribution < 1.29 is 9.59 Å². The van der Waals surface area contributed by atoms with E-state index in [1.54, 1.807) is 30.2 Å². The molecule has 0 bridgehead atoms. The third-order valence-electron chi connectivity index (χ3n) is 5.45. The maximum atomic E-state index is 13.2. The molecule has 158 valence electrons. The molecule has 5 heteroatoms. The molecule has 1 amide bonds. The summed E-state index contributed by atoms with van der Waals surface area (Å²) in [7, 11) is 1.74. The SMILES string of the molecule is C=C1CCC(N(C)C(=O)c2cc(C/C=C/C=C3/C=CC=CC3=N)ccc2C=O)C(=C)N1. The lowest BCUT2D eigenvalue weighted by molar-refractivity contribution is 0.0736. The molecule has 0 spiro atoms. The number of aldehydes is 1. The lowest BCUT2D eigenvalue weighted by Crippen LogP contribution is -2.44. The molecule has 3 rings (SSSR count). The molecule has 31 heavy (non-hydrogen) atoms. The molecule has 0 aromatic heterocycles. The number of nitrogens with one attached hydrogen (secondary N) is 2. The van der Waals surface area contributed by atoms with Crippen molar-refractivity contribution in [3.63, 3.8) is 0 Å². The number of carbonyl (C=O) groups excluding carboxylic acids is 2. The molecule has 1 saturated heterocycles. The van der Waals surface area contributed by atoms with E-state index in [1.807, 2.05) is 42.5 Å². The molecule has 1 aromatic rings. The monoisotopic (exact) mass is 413 g/mol. The van der Waals surface area contributed by atoms with Crippen LogP contribution < -0.4 is 5.32 Å². The molecule has 2 N–H and O–H groups in total. The first kappa shape index (κ1) is 22.0. The van der Waals surface area contributed by atoms with Crippen LogP contribution in [0.2, 0.25) is 0 Å². The van der Waals surface area contributed by atoms with E-state index in [-0.39, 0.29) is 11.9 Å². The third-order valence-corrected chi connectivity index (χ3v) is 5.45. The van der Waals surface area contributed by atoms with Crippen LogP contribution in [-0.2, 0) is 6.42 Å². The fourth-order valence-corrected chi connectivity index (χ4v) is 3.65. The van der Waals surface area contributed by atoms with E-state index in [2.05, 4.69) is 18.5 Å². The molecule has 1 aliphatic carbocycles. The quantitative estimate of drug-likeness (QED) is 0.674. The molecule has 1 aromatic carbocycles. The molecule has 2 aliphatic rings. The topological polar surface area (TPSA) is 73.3 Å². The summed E-state index contributed by atoms with van der Waals surface area (Å²) in [5.41, 5.74) is 4.65. The zero-order chi connectivity index (χ0) is 22.4. The lowest BCUT2D eigenvalue weighted by atomic mass is 9.98. The first-order chi connectivity index (χ1) is 14.9. The van der Waals surface area contributed by atoms with Gasteiger partial charge in [0.25, 0.3) is 5.91 Å². The molecule has 1 atom stereocenters. The number of hydrogen-bond donors (Lipinski definition) is 2. The van der Waals surface area contributed by atoms with Crippen molar-refractivity contribution >= 4 is 17.9 Å². The van der Waals surface area contributed by atoms with Gasteiger partial charge in [0, 0.05) is 24.0 Å². The number of nitrogens with zero attached hydrogens (tertiary/aromatic N) is 1. The summed E-state index contributed by atoms with van der Waals surface area (Å²) in [5.74, 6) is -0.205. The Kier molecular flexibility index (Phi) is 6.98. The van der Waals surface area contributed by atoms with E-state index in [0.717, 1.165) is 41.7 Å². The number of hydrogen-bond acceptors (Lipinski definition) is 4. The highest BCUT2D eigenvalue weighted by atomic mass is 16.2. The molecule has 0 radical (unpaired) electrons. The Morgan fingerprint density at radius 2 is 2.06 bits per heavy atom. The summed E-state index contributed by atoms with van der Waals surface area (Å²) in [6, 6.07) is 5.17. The predicted octanol–water partition coefficient (Wildman–Crippen LogP) is 4.52. The average molecular weight is 414 g/mol. The van der Waals surface area contributed by atoms with Gasteiger partial charge in [-0.2, -0.15) is 0 Å². The number of benzene rings is 1. The normalized spacial score (nSPS) is 19.7. The fraction of sp³-hybridized carbons (Fsp3) is 0.192. The molecule has 0 saturated carbocycles. The van der Waals surface area contributed by atoms with Gasteiger partial charge < -0.3 is 15.6 Å². The van der Waals surface area contributed by atoms with Gasteiger partial charge in [0.2, 0.25) is 0 Å². The van der Waals surface area contributed by atoms with Gasteiger partial charge in [-0.25, -0.2) is 0 Å². The van der Waals surface area contributed by atoms with Gasteiger partial charge in [-0.3, -0.25) is 9.59 Å². The van der Waals surface area contributed by atoms with Gasteiger partial charge in [0.1, 0.15) is 0 Å². The summed E-state index contributed by atoms with van der Waals surface area (Å²) < 4.78 is 0. The minimum atomic E-state index is -0.205. The van der Waals surface area contributed by atoms with Crippen molar-refractivity contribution in [3.05, 3.63) is 108 Å². The Balaban J connectivity index is 1.75. The van der Waals surface area contributed by atoms with E-state index < -0.39 is 0 Å². The molecule has 1 unspecified atom stereocenters. The number of piperidine rings is 1. The maximum Gasteiger partial charge on any atom is 0.254 e. The van der Waals surface area contributed by atoms with E-state index in [9.17, 15) is 9.59 Å². The second-order valence-corrected chi connectivity index (χ2v) is 7.65. The summed E-state index contributed by atoms with van der Waals surface area (Å²) in [5, 5.41) is 11.0. The van der Waals surface area contributed by atoms with E-state index in [0.29, 0.717) is 23.3 Å². The molecule has 5 nitrogen and oxygen atoms in total. The van der Waals surface area contributed by atoms with Crippen molar-refractivity contribution in [1.82, 2.24) is 10.2 Å². The third kappa shape index (κ3) is 5.25. The highest BCUT2D eigenvalue weighted by molar-refractivity contribution is 6.09. The van der Waals surface area contributed by atoms with Gasteiger partial charge in [-0.15, -0.1) is 0 Å². The number of allylic oxidation sites excluding steroid dienone is 9. The van der Waals surface area contributed by atoms with Crippen LogP contribution in [-0.4, -0.2) is 35.9 Å². The van der Waals surface area contributed by atoms with Crippen LogP contribution in [0.3, 0.4) is 0 Å². The Labute approximate surface area is 183 Å². The van der Waals surface area contributed by atoms with Crippen molar-refractivity contribution in [2.45, 2.75) is 25.3 Å². The predicted molar refractivity (Wildman–Crippen MR) is 125 cm³/mol. The fourth-order valence-electron chi connectivity index (χ4n) is 3.65. The zero-order valence-electron chi connectivity index (χ0n) is 17.7. The largest absolute Gasteiger partial charge is 0.362 e. The number of rotatable bonds is 6. The molecule has 1 fully saturated rings. The summed E-state index contributed by atoms with van der Waals surface area (Å²) in [4.78, 5) is 26.4. The van der Waals surface area contributed by atoms with Crippen LogP contribution in [0, 0.1) is 5.41 Å². The van der Waals surface area contributed by atoms with Crippen molar-refractivity contribution in [2.24, 2.45) is 0 Å². The van der Waals surface area contributed by atoms with E-state index in [1.165, 1.54) is 0 Å². The van der Waals surface area contributed by atoms with Gasteiger partial charge in [0.05, 0.1) is 17.3 Å². The Bertz CT molecular complexity index is 1060. The summed E-state index contributed by atoms with van der Waals surface area (Å²) >= 11 is 0. The van der Waals surface area contributed by atoms with E-state index >= 15 is 0 Å². The number of likely N-dealkylation sites (N-methyl/N-ethyl adjacent to an activating group) is 1. The van der Waals surface area contributed by atoms with Gasteiger partial charge in [0.15, 0.2) is 6.29 Å². The van der Waals surface area contributed by atoms with Gasteiger partial charge >= 0.3 is 0 Å². The van der Waals surface area contributed by atoms with Gasteiger partial charge in [-0.1, -0.05) is 61.7 Å². The van der Waals surface area contributed by atoms with Crippen LogP contribution in [0.1, 0.15) is 39.1 Å². The second-order valence-electron chi connectivity index (χ2n) is 7.65. The first-order valence-corrected chi connectivity index (χ1v) is 10.2. The molecule has 1 heterocycles. The Hall–Kier alpha value is -3.73. The highest BCUT2D eigenvalue weighted by Gasteiger charge is 2.28. The van der Waals surface area contributed by atoms with Crippen molar-refractivity contribution in [2.75, 3.05) is 7.05 Å². The highest BCUT2D eigenvalue weighted by Crippen LogP contribution is 2.23. The summed E-state index contributed by atoms with van der Waals surface area (Å²) in [6.45, 7) is 7.94. The zero-order valence-corrected chi connectivity index (χ0v) is 17.7. The van der Waals surface area contributed by atoms with Crippen LogP contribution in [0.15, 0.2) is 90.9 Å². The van der Waals surface area contributed by atoms with Crippen LogP contribution in [0.4, 0.5) is 0 Å². The molecular formula is C26H27N3O2. The van der Waals surface area contributed by atoms with Gasteiger partial charge in [-0.05, 0) is 42.5 Å². The van der Waals surface area contributed by atoms with Crippen molar-refractivity contribution in [3.8, 4) is 0 Å². The summed E-state index contributed by atoms with van der Waals surface area (Å²) in [6.07, 6.45) is 16.0. The van der Waals surface area contributed by atoms with Crippen molar-refractivity contribution in [1.29, 1.82) is 5.41 Å². The standard InChI is InChI=1S/C26H27N3O2/c1-18-12-15-25(19(2)28-18)29(3)26(31)23-16-20(13-14-22(23)17-30)8-4-5-9-21-10-6-7-11-24(21)27/h4-7,9-11,13-14,16-17,25,27-28H,1-2,8,12,15H2,3H3/b5-4+,21-9-,27-24?. The second kappa shape index (κ2) is 9.85. The first-order valence-electron chi connectivity index (χ1n) is 10.2.